The number of aliphatic imine (C=N–C) groups is 1. The molecule has 0 spiro atoms. The SMILES string of the molecule is C=Nn1c(-c2ccc(=O)[nH]c2)cc(/C(C=NCc2ccccc2)=C/NCC)c/c1=N/CN. The summed E-state index contributed by atoms with van der Waals surface area (Å²) in [5, 5.41) is 7.35. The minimum atomic E-state index is -0.185. The molecule has 4 N–H and O–H groups in total. The average Bonchev–Trinajstić information content (AvgIpc) is 2.82. The van der Waals surface area contributed by atoms with E-state index in [2.05, 4.69) is 32.1 Å². The van der Waals surface area contributed by atoms with Crippen molar-refractivity contribution in [3.05, 3.63) is 94.0 Å². The molecule has 2 aromatic heterocycles. The van der Waals surface area contributed by atoms with Crippen molar-refractivity contribution in [2.75, 3.05) is 13.2 Å². The van der Waals surface area contributed by atoms with E-state index >= 15 is 0 Å². The molecule has 0 unspecified atom stereocenters. The molecule has 8 heteroatoms. The van der Waals surface area contributed by atoms with Crippen molar-refractivity contribution in [2.24, 2.45) is 20.8 Å². The summed E-state index contributed by atoms with van der Waals surface area (Å²) >= 11 is 0. The lowest BCUT2D eigenvalue weighted by atomic mass is 10.1. The molecule has 0 aliphatic heterocycles. The summed E-state index contributed by atoms with van der Waals surface area (Å²) in [5.74, 6) is 0. The van der Waals surface area contributed by atoms with E-state index in [4.69, 9.17) is 5.73 Å². The predicted octanol–water partition coefficient (Wildman–Crippen LogP) is 2.35. The smallest absolute Gasteiger partial charge is 0.247 e. The topological polar surface area (TPSA) is 113 Å². The number of benzene rings is 1. The second kappa shape index (κ2) is 11.4. The zero-order valence-electron chi connectivity index (χ0n) is 18.0. The van der Waals surface area contributed by atoms with Gasteiger partial charge in [0.25, 0.3) is 0 Å². The molecule has 0 saturated carbocycles. The largest absolute Gasteiger partial charge is 0.391 e. The number of hydrogen-bond donors (Lipinski definition) is 3. The van der Waals surface area contributed by atoms with Crippen LogP contribution in [-0.4, -0.2) is 35.8 Å². The molecule has 1 aromatic carbocycles. The molecular weight excluding hydrogens is 402 g/mol. The van der Waals surface area contributed by atoms with Gasteiger partial charge in [-0.15, -0.1) is 0 Å². The summed E-state index contributed by atoms with van der Waals surface area (Å²) in [6.45, 7) is 7.13. The molecule has 0 amide bonds. The fourth-order valence-electron chi connectivity index (χ4n) is 3.11. The first-order valence-corrected chi connectivity index (χ1v) is 10.3. The molecule has 164 valence electrons. The van der Waals surface area contributed by atoms with Crippen LogP contribution in [0.4, 0.5) is 0 Å². The van der Waals surface area contributed by atoms with Crippen molar-refractivity contribution < 1.29 is 0 Å². The molecule has 0 saturated heterocycles. The molecule has 0 fully saturated rings. The molecule has 0 atom stereocenters. The van der Waals surface area contributed by atoms with Crippen LogP contribution in [0.5, 0.6) is 0 Å². The highest BCUT2D eigenvalue weighted by Crippen LogP contribution is 2.21. The number of pyridine rings is 2. The van der Waals surface area contributed by atoms with Crippen LogP contribution in [0, 0.1) is 0 Å². The number of rotatable bonds is 9. The maximum atomic E-state index is 11.5. The first-order valence-electron chi connectivity index (χ1n) is 10.3. The minimum absolute atomic E-state index is 0.0956. The van der Waals surface area contributed by atoms with Gasteiger partial charge in [-0.1, -0.05) is 30.3 Å². The van der Waals surface area contributed by atoms with Crippen LogP contribution in [0.15, 0.2) is 86.9 Å². The molecule has 0 radical (unpaired) electrons. The van der Waals surface area contributed by atoms with Crippen molar-refractivity contribution in [3.8, 4) is 11.3 Å². The van der Waals surface area contributed by atoms with Gasteiger partial charge in [0.1, 0.15) is 0 Å². The number of hydrogen-bond acceptors (Lipinski definition) is 6. The summed E-state index contributed by atoms with van der Waals surface area (Å²) in [5.41, 5.74) is 10.4. The molecule has 8 nitrogen and oxygen atoms in total. The van der Waals surface area contributed by atoms with Crippen LogP contribution in [0.1, 0.15) is 18.1 Å². The zero-order chi connectivity index (χ0) is 22.8. The second-order valence-electron chi connectivity index (χ2n) is 6.84. The van der Waals surface area contributed by atoms with Gasteiger partial charge in [0.05, 0.1) is 18.9 Å². The van der Waals surface area contributed by atoms with Crippen LogP contribution in [0.25, 0.3) is 16.8 Å². The molecule has 3 rings (SSSR count). The quantitative estimate of drug-likeness (QED) is 0.454. The summed E-state index contributed by atoms with van der Waals surface area (Å²) < 4.78 is 1.59. The van der Waals surface area contributed by atoms with Gasteiger partial charge >= 0.3 is 0 Å². The van der Waals surface area contributed by atoms with Gasteiger partial charge in [-0.2, -0.15) is 5.10 Å². The van der Waals surface area contributed by atoms with Gasteiger partial charge < -0.3 is 16.0 Å². The Morgan fingerprint density at radius 1 is 1.22 bits per heavy atom. The first kappa shape index (κ1) is 22.6. The lowest BCUT2D eigenvalue weighted by Gasteiger charge is -2.13. The monoisotopic (exact) mass is 429 g/mol. The molecule has 0 aliphatic carbocycles. The maximum Gasteiger partial charge on any atom is 0.247 e. The van der Waals surface area contributed by atoms with Crippen molar-refractivity contribution in [1.82, 2.24) is 15.0 Å². The number of nitrogens with one attached hydrogen (secondary N) is 2. The van der Waals surface area contributed by atoms with Gasteiger partial charge in [0.15, 0.2) is 5.49 Å². The van der Waals surface area contributed by atoms with E-state index in [0.717, 1.165) is 28.8 Å². The van der Waals surface area contributed by atoms with Crippen LogP contribution >= 0.6 is 0 Å². The number of aromatic nitrogens is 2. The predicted molar refractivity (Wildman–Crippen MR) is 130 cm³/mol. The highest BCUT2D eigenvalue weighted by molar-refractivity contribution is 6.09. The third-order valence-electron chi connectivity index (χ3n) is 4.64. The molecule has 0 bridgehead atoms. The minimum Gasteiger partial charge on any atom is -0.391 e. The van der Waals surface area contributed by atoms with Gasteiger partial charge in [0, 0.05) is 49.1 Å². The second-order valence-corrected chi connectivity index (χ2v) is 6.84. The lowest BCUT2D eigenvalue weighted by Crippen LogP contribution is -2.22. The average molecular weight is 430 g/mol. The maximum absolute atomic E-state index is 11.5. The van der Waals surface area contributed by atoms with Gasteiger partial charge in [-0.3, -0.25) is 14.8 Å². The number of nitrogens with zero attached hydrogens (tertiary/aromatic N) is 4. The van der Waals surface area contributed by atoms with Crippen molar-refractivity contribution >= 4 is 18.5 Å². The van der Waals surface area contributed by atoms with Crippen molar-refractivity contribution in [1.29, 1.82) is 0 Å². The third kappa shape index (κ3) is 5.77. The fourth-order valence-corrected chi connectivity index (χ4v) is 3.11. The van der Waals surface area contributed by atoms with Gasteiger partial charge in [-0.05, 0) is 36.2 Å². The Morgan fingerprint density at radius 2 is 2.03 bits per heavy atom. The number of nitrogens with two attached hydrogens (primary N) is 1. The lowest BCUT2D eigenvalue weighted by molar-refractivity contribution is 0.794. The van der Waals surface area contributed by atoms with E-state index in [1.54, 1.807) is 16.9 Å². The zero-order valence-corrected chi connectivity index (χ0v) is 18.0. The summed E-state index contributed by atoms with van der Waals surface area (Å²) in [4.78, 5) is 23.2. The first-order chi connectivity index (χ1) is 15.7. The van der Waals surface area contributed by atoms with E-state index in [1.807, 2.05) is 61.8 Å². The van der Waals surface area contributed by atoms with Crippen LogP contribution in [0.3, 0.4) is 0 Å². The molecular formula is C24H27N7O. The van der Waals surface area contributed by atoms with Gasteiger partial charge in [0.2, 0.25) is 5.56 Å². The molecule has 2 heterocycles. The van der Waals surface area contributed by atoms with E-state index in [9.17, 15) is 4.79 Å². The van der Waals surface area contributed by atoms with Crippen LogP contribution in [-0.2, 0) is 6.54 Å². The standard InChI is InChI=1S/C24H27N7O/c1-3-27-14-21(15-28-13-18-7-5-4-6-8-18)20-11-22(19-9-10-24(32)29-16-19)31(26-2)23(12-20)30-17-25/h4-12,14-16,27H,2-3,13,17,25H2,1H3,(H,29,32)/b21-14+,28-15?,30-23-. The summed E-state index contributed by atoms with van der Waals surface area (Å²) in [6.07, 6.45) is 5.38. The Hall–Kier alpha value is -4.04. The Kier molecular flexibility index (Phi) is 8.05. The van der Waals surface area contributed by atoms with E-state index in [1.165, 1.54) is 6.07 Å². The molecule has 0 aliphatic rings. The van der Waals surface area contributed by atoms with Crippen LogP contribution in [0.2, 0.25) is 0 Å². The van der Waals surface area contributed by atoms with Gasteiger partial charge in [-0.25, -0.2) is 4.68 Å². The van der Waals surface area contributed by atoms with E-state index in [-0.39, 0.29) is 12.2 Å². The Balaban J connectivity index is 2.11. The summed E-state index contributed by atoms with van der Waals surface area (Å²) in [7, 11) is 0. The molecule has 3 aromatic rings. The number of H-pyrrole nitrogens is 1. The van der Waals surface area contributed by atoms with Crippen LogP contribution < -0.4 is 22.1 Å². The Labute approximate surface area is 186 Å². The number of aromatic amines is 1. The molecule has 32 heavy (non-hydrogen) atoms. The van der Waals surface area contributed by atoms with E-state index in [0.29, 0.717) is 17.7 Å². The fraction of sp³-hybridized carbons (Fsp3) is 0.167. The van der Waals surface area contributed by atoms with Crippen molar-refractivity contribution in [3.63, 3.8) is 0 Å². The van der Waals surface area contributed by atoms with E-state index < -0.39 is 0 Å². The third-order valence-corrected chi connectivity index (χ3v) is 4.64. The Morgan fingerprint density at radius 3 is 2.69 bits per heavy atom. The number of allylic oxidation sites excluding steroid dienone is 1. The highest BCUT2D eigenvalue weighted by Gasteiger charge is 2.10. The normalized spacial score (nSPS) is 12.3. The highest BCUT2D eigenvalue weighted by atomic mass is 16.1. The van der Waals surface area contributed by atoms with Crippen molar-refractivity contribution in [2.45, 2.75) is 13.5 Å². The summed E-state index contributed by atoms with van der Waals surface area (Å²) in [6, 6.07) is 17.1. The Bertz CT molecular complexity index is 1220.